The van der Waals surface area contributed by atoms with E-state index >= 15 is 0 Å². The van der Waals surface area contributed by atoms with Crippen molar-refractivity contribution >= 4 is 5.91 Å². The van der Waals surface area contributed by atoms with Gasteiger partial charge in [-0.25, -0.2) is 0 Å². The zero-order valence-electron chi connectivity index (χ0n) is 12.8. The van der Waals surface area contributed by atoms with Gasteiger partial charge >= 0.3 is 0 Å². The highest BCUT2D eigenvalue weighted by Crippen LogP contribution is 2.17. The Morgan fingerprint density at radius 2 is 1.74 bits per heavy atom. The lowest BCUT2D eigenvalue weighted by Crippen LogP contribution is -2.50. The van der Waals surface area contributed by atoms with Crippen LogP contribution in [-0.2, 0) is 4.79 Å². The fourth-order valence-electron chi connectivity index (χ4n) is 2.45. The maximum atomic E-state index is 11.8. The van der Waals surface area contributed by atoms with Crippen molar-refractivity contribution in [2.45, 2.75) is 71.4 Å². The van der Waals surface area contributed by atoms with Gasteiger partial charge in [-0.2, -0.15) is 0 Å². The summed E-state index contributed by atoms with van der Waals surface area (Å²) in [7, 11) is 0. The first-order chi connectivity index (χ1) is 8.91. The molecule has 0 unspecified atom stereocenters. The molecular weight excluding hydrogens is 238 g/mol. The van der Waals surface area contributed by atoms with Crippen LogP contribution < -0.4 is 16.4 Å². The fourth-order valence-corrected chi connectivity index (χ4v) is 2.45. The molecule has 0 aromatic carbocycles. The second-order valence-corrected chi connectivity index (χ2v) is 6.78. The molecule has 112 valence electrons. The minimum Gasteiger partial charge on any atom is -0.353 e. The van der Waals surface area contributed by atoms with Crippen LogP contribution in [0.25, 0.3) is 0 Å². The van der Waals surface area contributed by atoms with Gasteiger partial charge in [-0.1, -0.05) is 46.5 Å². The van der Waals surface area contributed by atoms with Gasteiger partial charge in [-0.05, 0) is 18.3 Å². The first kappa shape index (κ1) is 16.4. The Labute approximate surface area is 117 Å². The Morgan fingerprint density at radius 3 is 2.26 bits per heavy atom. The summed E-state index contributed by atoms with van der Waals surface area (Å²) in [5.74, 6) is -0.0461. The van der Waals surface area contributed by atoms with Gasteiger partial charge in [-0.15, -0.1) is 0 Å². The molecule has 0 aliphatic heterocycles. The summed E-state index contributed by atoms with van der Waals surface area (Å²) in [5, 5.41) is 6.46. The molecule has 1 aliphatic carbocycles. The highest BCUT2D eigenvalue weighted by molar-refractivity contribution is 5.82. The highest BCUT2D eigenvalue weighted by Gasteiger charge is 2.26. The van der Waals surface area contributed by atoms with Crippen LogP contribution in [-0.4, -0.2) is 31.1 Å². The monoisotopic (exact) mass is 269 g/mol. The number of carbonyl (C=O) groups is 1. The SMILES string of the molecule is CC(C)(C)[C@H](N)C(=O)NCCNC1CCCCCC1. The maximum absolute atomic E-state index is 11.8. The molecule has 1 atom stereocenters. The van der Waals surface area contributed by atoms with Crippen molar-refractivity contribution in [3.8, 4) is 0 Å². The van der Waals surface area contributed by atoms with E-state index in [2.05, 4.69) is 10.6 Å². The molecule has 1 amide bonds. The van der Waals surface area contributed by atoms with Gasteiger partial charge in [0.05, 0.1) is 6.04 Å². The van der Waals surface area contributed by atoms with E-state index in [0.717, 1.165) is 6.54 Å². The molecule has 0 saturated heterocycles. The zero-order chi connectivity index (χ0) is 14.3. The largest absolute Gasteiger partial charge is 0.353 e. The lowest BCUT2D eigenvalue weighted by molar-refractivity contribution is -0.124. The van der Waals surface area contributed by atoms with E-state index in [-0.39, 0.29) is 11.3 Å². The Balaban J connectivity index is 2.14. The molecule has 1 rings (SSSR count). The van der Waals surface area contributed by atoms with Crippen molar-refractivity contribution in [3.05, 3.63) is 0 Å². The summed E-state index contributed by atoms with van der Waals surface area (Å²) in [4.78, 5) is 11.8. The first-order valence-corrected chi connectivity index (χ1v) is 7.68. The third kappa shape index (κ3) is 6.39. The topological polar surface area (TPSA) is 67.2 Å². The standard InChI is InChI=1S/C15H31N3O/c1-15(2,3)13(16)14(19)18-11-10-17-12-8-6-4-5-7-9-12/h12-13,17H,4-11,16H2,1-3H3,(H,18,19)/t13-/m1/s1. The number of hydrogen-bond donors (Lipinski definition) is 3. The molecule has 1 aliphatic rings. The summed E-state index contributed by atoms with van der Waals surface area (Å²) in [6.45, 7) is 7.47. The molecule has 0 bridgehead atoms. The third-order valence-corrected chi connectivity index (χ3v) is 3.93. The minimum atomic E-state index is -0.439. The highest BCUT2D eigenvalue weighted by atomic mass is 16.2. The Hall–Kier alpha value is -0.610. The number of nitrogens with two attached hydrogens (primary N) is 1. The average molecular weight is 269 g/mol. The summed E-state index contributed by atoms with van der Waals surface area (Å²) in [5.41, 5.74) is 5.73. The van der Waals surface area contributed by atoms with Crippen molar-refractivity contribution < 1.29 is 4.79 Å². The molecular formula is C15H31N3O. The van der Waals surface area contributed by atoms with Crippen LogP contribution in [0.4, 0.5) is 0 Å². The zero-order valence-corrected chi connectivity index (χ0v) is 12.8. The summed E-state index contributed by atoms with van der Waals surface area (Å²) in [6.07, 6.45) is 7.95. The van der Waals surface area contributed by atoms with E-state index in [1.807, 2.05) is 20.8 Å². The second-order valence-electron chi connectivity index (χ2n) is 6.78. The number of nitrogens with one attached hydrogen (secondary N) is 2. The van der Waals surface area contributed by atoms with Gasteiger partial charge in [-0.3, -0.25) is 4.79 Å². The Bertz CT molecular complexity index is 265. The third-order valence-electron chi connectivity index (χ3n) is 3.93. The molecule has 0 radical (unpaired) electrons. The van der Waals surface area contributed by atoms with Crippen molar-refractivity contribution in [2.24, 2.45) is 11.1 Å². The van der Waals surface area contributed by atoms with Crippen molar-refractivity contribution in [3.63, 3.8) is 0 Å². The number of hydrogen-bond acceptors (Lipinski definition) is 3. The average Bonchev–Trinajstić information content (AvgIpc) is 2.60. The molecule has 0 heterocycles. The summed E-state index contributed by atoms with van der Waals surface area (Å²) < 4.78 is 0. The van der Waals surface area contributed by atoms with Gasteiger partial charge in [0.25, 0.3) is 0 Å². The van der Waals surface area contributed by atoms with Crippen LogP contribution in [0.3, 0.4) is 0 Å². The first-order valence-electron chi connectivity index (χ1n) is 7.68. The molecule has 1 fully saturated rings. The fraction of sp³-hybridized carbons (Fsp3) is 0.933. The van der Waals surface area contributed by atoms with Crippen LogP contribution >= 0.6 is 0 Å². The molecule has 1 saturated carbocycles. The molecule has 19 heavy (non-hydrogen) atoms. The summed E-state index contributed by atoms with van der Waals surface area (Å²) in [6, 6.07) is 0.195. The lowest BCUT2D eigenvalue weighted by atomic mass is 9.87. The number of rotatable bonds is 5. The van der Waals surface area contributed by atoms with Gasteiger partial charge < -0.3 is 16.4 Å². The molecule has 0 spiro atoms. The van der Waals surface area contributed by atoms with E-state index < -0.39 is 6.04 Å². The van der Waals surface area contributed by atoms with Crippen LogP contribution in [0.15, 0.2) is 0 Å². The van der Waals surface area contributed by atoms with Gasteiger partial charge in [0.2, 0.25) is 5.91 Å². The van der Waals surface area contributed by atoms with E-state index in [9.17, 15) is 4.79 Å². The molecule has 0 aromatic rings. The molecule has 4 N–H and O–H groups in total. The second kappa shape index (κ2) is 7.85. The van der Waals surface area contributed by atoms with Crippen LogP contribution in [0.5, 0.6) is 0 Å². The van der Waals surface area contributed by atoms with E-state index in [0.29, 0.717) is 12.6 Å². The Morgan fingerprint density at radius 1 is 1.16 bits per heavy atom. The number of amides is 1. The normalized spacial score (nSPS) is 19.8. The summed E-state index contributed by atoms with van der Waals surface area (Å²) >= 11 is 0. The molecule has 4 nitrogen and oxygen atoms in total. The van der Waals surface area contributed by atoms with Crippen molar-refractivity contribution in [2.75, 3.05) is 13.1 Å². The van der Waals surface area contributed by atoms with E-state index in [4.69, 9.17) is 5.73 Å². The van der Waals surface area contributed by atoms with Crippen LogP contribution in [0.1, 0.15) is 59.3 Å². The van der Waals surface area contributed by atoms with E-state index in [1.165, 1.54) is 38.5 Å². The van der Waals surface area contributed by atoms with Gasteiger partial charge in [0, 0.05) is 19.1 Å². The van der Waals surface area contributed by atoms with E-state index in [1.54, 1.807) is 0 Å². The smallest absolute Gasteiger partial charge is 0.237 e. The van der Waals surface area contributed by atoms with Gasteiger partial charge in [0.1, 0.15) is 0 Å². The quantitative estimate of drug-likeness (QED) is 0.526. The predicted molar refractivity (Wildman–Crippen MR) is 79.9 cm³/mol. The van der Waals surface area contributed by atoms with Gasteiger partial charge in [0.15, 0.2) is 0 Å². The Kier molecular flexibility index (Phi) is 6.80. The molecule has 4 heteroatoms. The van der Waals surface area contributed by atoms with Crippen molar-refractivity contribution in [1.82, 2.24) is 10.6 Å². The minimum absolute atomic E-state index is 0.0461. The van der Waals surface area contributed by atoms with Crippen LogP contribution in [0.2, 0.25) is 0 Å². The van der Waals surface area contributed by atoms with Crippen LogP contribution in [0, 0.1) is 5.41 Å². The maximum Gasteiger partial charge on any atom is 0.237 e. The molecule has 0 aromatic heterocycles. The predicted octanol–water partition coefficient (Wildman–Crippen LogP) is 1.79. The van der Waals surface area contributed by atoms with Crippen molar-refractivity contribution in [1.29, 1.82) is 0 Å². The number of carbonyl (C=O) groups excluding carboxylic acids is 1. The lowest BCUT2D eigenvalue weighted by Gasteiger charge is -2.26.